The maximum absolute atomic E-state index is 10.1. The lowest BCUT2D eigenvalue weighted by molar-refractivity contribution is -0.0328. The standard InChI is InChI=1S/C14H19NO4/c16-11(7-15-8-14(17)4-1-5-14)10-2-3-12-13(6-10)19-9-18-12/h2-3,6,11,15-17H,1,4-5,7-9H2. The molecule has 0 saturated heterocycles. The summed E-state index contributed by atoms with van der Waals surface area (Å²) in [5, 5.41) is 23.2. The molecule has 3 rings (SSSR count). The first-order valence-corrected chi connectivity index (χ1v) is 6.67. The molecule has 0 amide bonds. The average molecular weight is 265 g/mol. The molecule has 3 N–H and O–H groups in total. The van der Waals surface area contributed by atoms with Crippen LogP contribution >= 0.6 is 0 Å². The summed E-state index contributed by atoms with van der Waals surface area (Å²) in [5.41, 5.74) is 0.228. The molecule has 0 spiro atoms. The topological polar surface area (TPSA) is 71.0 Å². The third-order valence-corrected chi connectivity index (χ3v) is 3.86. The Hall–Kier alpha value is -1.30. The fourth-order valence-corrected chi connectivity index (χ4v) is 2.44. The van der Waals surface area contributed by atoms with Crippen LogP contribution in [0, 0.1) is 0 Å². The van der Waals surface area contributed by atoms with Crippen molar-refractivity contribution in [1.29, 1.82) is 0 Å². The smallest absolute Gasteiger partial charge is 0.231 e. The van der Waals surface area contributed by atoms with Gasteiger partial charge in [0.05, 0.1) is 11.7 Å². The third kappa shape index (κ3) is 2.68. The molecule has 1 aliphatic carbocycles. The maximum Gasteiger partial charge on any atom is 0.231 e. The van der Waals surface area contributed by atoms with Gasteiger partial charge in [-0.2, -0.15) is 0 Å². The summed E-state index contributed by atoms with van der Waals surface area (Å²) < 4.78 is 10.5. The molecule has 0 radical (unpaired) electrons. The Morgan fingerprint density at radius 2 is 2.05 bits per heavy atom. The van der Waals surface area contributed by atoms with E-state index in [0.717, 1.165) is 24.8 Å². The Bertz CT molecular complexity index is 459. The molecule has 5 nitrogen and oxygen atoms in total. The number of rotatable bonds is 5. The molecule has 0 bridgehead atoms. The number of aliphatic hydroxyl groups is 2. The SMILES string of the molecule is OC(CNCC1(O)CCC1)c1ccc2c(c1)OCO2. The summed E-state index contributed by atoms with van der Waals surface area (Å²) in [6, 6.07) is 5.44. The molecular formula is C14H19NO4. The van der Waals surface area contributed by atoms with Gasteiger partial charge in [-0.3, -0.25) is 0 Å². The lowest BCUT2D eigenvalue weighted by atomic mass is 9.80. The van der Waals surface area contributed by atoms with Gasteiger partial charge in [0.2, 0.25) is 6.79 Å². The first kappa shape index (κ1) is 12.7. The van der Waals surface area contributed by atoms with E-state index in [4.69, 9.17) is 9.47 Å². The molecule has 1 unspecified atom stereocenters. The quantitative estimate of drug-likeness (QED) is 0.739. The number of benzene rings is 1. The predicted octanol–water partition coefficient (Wildman–Crippen LogP) is 0.953. The normalized spacial score (nSPS) is 20.9. The lowest BCUT2D eigenvalue weighted by Crippen LogP contribution is -2.46. The predicted molar refractivity (Wildman–Crippen MR) is 69.2 cm³/mol. The van der Waals surface area contributed by atoms with E-state index in [1.165, 1.54) is 0 Å². The van der Waals surface area contributed by atoms with Crippen LogP contribution in [0.2, 0.25) is 0 Å². The van der Waals surface area contributed by atoms with Crippen molar-refractivity contribution in [3.63, 3.8) is 0 Å². The minimum Gasteiger partial charge on any atom is -0.454 e. The first-order chi connectivity index (χ1) is 9.16. The Kier molecular flexibility index (Phi) is 3.35. The minimum atomic E-state index is -0.613. The van der Waals surface area contributed by atoms with E-state index >= 15 is 0 Å². The molecule has 1 heterocycles. The zero-order chi connectivity index (χ0) is 13.3. The van der Waals surface area contributed by atoms with Gasteiger partial charge >= 0.3 is 0 Å². The van der Waals surface area contributed by atoms with Gasteiger partial charge in [-0.15, -0.1) is 0 Å². The van der Waals surface area contributed by atoms with Crippen molar-refractivity contribution in [2.24, 2.45) is 0 Å². The van der Waals surface area contributed by atoms with Gasteiger partial charge in [-0.25, -0.2) is 0 Å². The van der Waals surface area contributed by atoms with Crippen molar-refractivity contribution in [3.8, 4) is 11.5 Å². The molecule has 1 aromatic rings. The summed E-state index contributed by atoms with van der Waals surface area (Å²) in [7, 11) is 0. The Morgan fingerprint density at radius 1 is 1.26 bits per heavy atom. The van der Waals surface area contributed by atoms with E-state index in [2.05, 4.69) is 5.32 Å². The third-order valence-electron chi connectivity index (χ3n) is 3.86. The number of ether oxygens (including phenoxy) is 2. The first-order valence-electron chi connectivity index (χ1n) is 6.67. The number of nitrogens with one attached hydrogen (secondary N) is 1. The van der Waals surface area contributed by atoms with Crippen LogP contribution in [0.25, 0.3) is 0 Å². The van der Waals surface area contributed by atoms with Crippen molar-refractivity contribution in [1.82, 2.24) is 5.32 Å². The fraction of sp³-hybridized carbons (Fsp3) is 0.571. The van der Waals surface area contributed by atoms with Gasteiger partial charge in [0, 0.05) is 13.1 Å². The van der Waals surface area contributed by atoms with Crippen molar-refractivity contribution in [2.75, 3.05) is 19.9 Å². The van der Waals surface area contributed by atoms with E-state index in [1.54, 1.807) is 12.1 Å². The zero-order valence-electron chi connectivity index (χ0n) is 10.8. The Morgan fingerprint density at radius 3 is 2.79 bits per heavy atom. The maximum atomic E-state index is 10.1. The molecule has 104 valence electrons. The van der Waals surface area contributed by atoms with Crippen LogP contribution in [0.15, 0.2) is 18.2 Å². The van der Waals surface area contributed by atoms with Gasteiger partial charge in [0.15, 0.2) is 11.5 Å². The van der Waals surface area contributed by atoms with E-state index in [0.29, 0.717) is 24.6 Å². The van der Waals surface area contributed by atoms with E-state index in [-0.39, 0.29) is 6.79 Å². The van der Waals surface area contributed by atoms with Crippen LogP contribution in [0.3, 0.4) is 0 Å². The highest BCUT2D eigenvalue weighted by Crippen LogP contribution is 2.34. The second-order valence-corrected chi connectivity index (χ2v) is 5.34. The van der Waals surface area contributed by atoms with Crippen LogP contribution in [0.1, 0.15) is 30.9 Å². The van der Waals surface area contributed by atoms with Gasteiger partial charge in [0.1, 0.15) is 0 Å². The number of fused-ring (bicyclic) bond motifs is 1. The number of hydrogen-bond acceptors (Lipinski definition) is 5. The Labute approximate surface area is 112 Å². The fourth-order valence-electron chi connectivity index (χ4n) is 2.44. The lowest BCUT2D eigenvalue weighted by Gasteiger charge is -2.37. The second-order valence-electron chi connectivity index (χ2n) is 5.34. The summed E-state index contributed by atoms with van der Waals surface area (Å²) in [6.45, 7) is 1.19. The zero-order valence-corrected chi connectivity index (χ0v) is 10.8. The van der Waals surface area contributed by atoms with Crippen LogP contribution < -0.4 is 14.8 Å². The summed E-state index contributed by atoms with van der Waals surface area (Å²) in [5.74, 6) is 1.39. The average Bonchev–Trinajstić information content (AvgIpc) is 2.83. The summed E-state index contributed by atoms with van der Waals surface area (Å²) >= 11 is 0. The van der Waals surface area contributed by atoms with Gasteiger partial charge in [-0.1, -0.05) is 6.07 Å². The van der Waals surface area contributed by atoms with Crippen molar-refractivity contribution in [2.45, 2.75) is 31.0 Å². The molecule has 1 aliphatic heterocycles. The van der Waals surface area contributed by atoms with Crippen molar-refractivity contribution >= 4 is 0 Å². The van der Waals surface area contributed by atoms with Crippen LogP contribution in [0.5, 0.6) is 11.5 Å². The molecule has 1 saturated carbocycles. The molecule has 1 aromatic carbocycles. The minimum absolute atomic E-state index is 0.236. The number of aliphatic hydroxyl groups excluding tert-OH is 1. The van der Waals surface area contributed by atoms with Gasteiger partial charge < -0.3 is 25.0 Å². The van der Waals surface area contributed by atoms with Crippen molar-refractivity contribution in [3.05, 3.63) is 23.8 Å². The Balaban J connectivity index is 1.53. The summed E-state index contributed by atoms with van der Waals surface area (Å²) in [6.07, 6.45) is 2.17. The molecule has 5 heteroatoms. The molecular weight excluding hydrogens is 246 g/mol. The molecule has 0 aromatic heterocycles. The number of hydrogen-bond donors (Lipinski definition) is 3. The van der Waals surface area contributed by atoms with E-state index in [1.807, 2.05) is 6.07 Å². The molecule has 1 atom stereocenters. The highest BCUT2D eigenvalue weighted by Gasteiger charge is 2.33. The van der Waals surface area contributed by atoms with E-state index in [9.17, 15) is 10.2 Å². The van der Waals surface area contributed by atoms with Crippen molar-refractivity contribution < 1.29 is 19.7 Å². The highest BCUT2D eigenvalue weighted by atomic mass is 16.7. The molecule has 19 heavy (non-hydrogen) atoms. The van der Waals surface area contributed by atoms with Crippen LogP contribution in [-0.4, -0.2) is 35.7 Å². The highest BCUT2D eigenvalue weighted by molar-refractivity contribution is 5.45. The summed E-state index contributed by atoms with van der Waals surface area (Å²) in [4.78, 5) is 0. The molecule has 2 aliphatic rings. The van der Waals surface area contributed by atoms with Gasteiger partial charge in [0.25, 0.3) is 0 Å². The van der Waals surface area contributed by atoms with Gasteiger partial charge in [-0.05, 0) is 37.0 Å². The van der Waals surface area contributed by atoms with Crippen LogP contribution in [-0.2, 0) is 0 Å². The largest absolute Gasteiger partial charge is 0.454 e. The second kappa shape index (κ2) is 5.00. The monoisotopic (exact) mass is 265 g/mol. The van der Waals surface area contributed by atoms with E-state index < -0.39 is 11.7 Å². The van der Waals surface area contributed by atoms with Crippen LogP contribution in [0.4, 0.5) is 0 Å². The molecule has 1 fully saturated rings.